The monoisotopic (exact) mass is 579 g/mol. The molecule has 4 heterocycles. The molecule has 2 atom stereocenters. The highest BCUT2D eigenvalue weighted by atomic mass is 32.1. The van der Waals surface area contributed by atoms with Gasteiger partial charge >= 0.3 is 11.9 Å². The fourth-order valence-electron chi connectivity index (χ4n) is 5.25. The zero-order valence-corrected chi connectivity index (χ0v) is 25.5. The van der Waals surface area contributed by atoms with E-state index in [-0.39, 0.29) is 31.1 Å². The lowest BCUT2D eigenvalue weighted by molar-refractivity contribution is -0.161. The average Bonchev–Trinajstić information content (AvgIpc) is 3.60. The molecule has 11 heteroatoms. The Morgan fingerprint density at radius 3 is 2.49 bits per heavy atom. The third kappa shape index (κ3) is 6.06. The number of aliphatic imine (C=N–C) groups is 1. The van der Waals surface area contributed by atoms with E-state index in [2.05, 4.69) is 53.2 Å². The summed E-state index contributed by atoms with van der Waals surface area (Å²) >= 11 is 1.68. The van der Waals surface area contributed by atoms with Crippen molar-refractivity contribution < 1.29 is 23.8 Å². The van der Waals surface area contributed by atoms with Crippen molar-refractivity contribution >= 4 is 34.7 Å². The molecular formula is C30H37N5O5S. The van der Waals surface area contributed by atoms with E-state index in [9.17, 15) is 9.59 Å². The van der Waals surface area contributed by atoms with Crippen molar-refractivity contribution in [1.29, 1.82) is 0 Å². The zero-order valence-electron chi connectivity index (χ0n) is 24.7. The minimum atomic E-state index is -0.529. The van der Waals surface area contributed by atoms with Gasteiger partial charge in [0.1, 0.15) is 29.1 Å². The fraction of sp³-hybridized carbons (Fsp3) is 0.500. The van der Waals surface area contributed by atoms with Crippen molar-refractivity contribution in [2.24, 2.45) is 4.99 Å². The Balaban J connectivity index is 1.39. The molecule has 0 amide bonds. The standard InChI is InChI=1S/C30H37N5O5S/c1-17-18(2)41-29-26(17)27(31-23(14-24(36)38-7)28-33-32-19(3)35(28)29)20-8-10-21(11-9-20)34-13-12-22(15-34)39-16-25(37)40-30(4,5)6/h8-11,22-23H,12-16H2,1-7H3/t22?,23-/m0/s1. The summed E-state index contributed by atoms with van der Waals surface area (Å²) in [4.78, 5) is 33.0. The smallest absolute Gasteiger partial charge is 0.332 e. The summed E-state index contributed by atoms with van der Waals surface area (Å²) in [6, 6.07) is 7.81. The minimum Gasteiger partial charge on any atom is -0.469 e. The summed E-state index contributed by atoms with van der Waals surface area (Å²) in [6.07, 6.45) is 0.870. The number of hydrogen-bond acceptors (Lipinski definition) is 10. The van der Waals surface area contributed by atoms with E-state index in [4.69, 9.17) is 19.2 Å². The van der Waals surface area contributed by atoms with Crippen LogP contribution in [0.3, 0.4) is 0 Å². The number of aryl methyl sites for hydroxylation is 2. The number of anilines is 1. The molecule has 0 aliphatic carbocycles. The molecule has 1 aromatic carbocycles. The fourth-order valence-corrected chi connectivity index (χ4v) is 6.47. The van der Waals surface area contributed by atoms with E-state index in [1.165, 1.54) is 12.0 Å². The number of thiophene rings is 1. The molecule has 218 valence electrons. The van der Waals surface area contributed by atoms with E-state index < -0.39 is 11.6 Å². The predicted molar refractivity (Wildman–Crippen MR) is 157 cm³/mol. The molecule has 2 aromatic heterocycles. The van der Waals surface area contributed by atoms with Crippen LogP contribution in [0.2, 0.25) is 0 Å². The van der Waals surface area contributed by atoms with Crippen molar-refractivity contribution in [3.8, 4) is 5.00 Å². The average molecular weight is 580 g/mol. The van der Waals surface area contributed by atoms with Crippen molar-refractivity contribution in [2.75, 3.05) is 31.7 Å². The molecule has 0 bridgehead atoms. The lowest BCUT2D eigenvalue weighted by Crippen LogP contribution is -2.29. The summed E-state index contributed by atoms with van der Waals surface area (Å²) in [7, 11) is 1.38. The molecule has 1 unspecified atom stereocenters. The first-order chi connectivity index (χ1) is 19.4. The molecule has 2 aliphatic heterocycles. The maximum atomic E-state index is 12.4. The van der Waals surface area contributed by atoms with Crippen LogP contribution in [0.4, 0.5) is 5.69 Å². The number of carbonyl (C=O) groups is 2. The molecule has 41 heavy (non-hydrogen) atoms. The van der Waals surface area contributed by atoms with Crippen LogP contribution < -0.4 is 4.90 Å². The Bertz CT molecular complexity index is 1480. The normalized spacial score (nSPS) is 18.4. The third-order valence-corrected chi connectivity index (χ3v) is 8.53. The number of nitrogens with zero attached hydrogens (tertiary/aromatic N) is 5. The van der Waals surface area contributed by atoms with Gasteiger partial charge in [-0.1, -0.05) is 12.1 Å². The Kier molecular flexibility index (Phi) is 8.02. The quantitative estimate of drug-likeness (QED) is 0.373. The second kappa shape index (κ2) is 11.4. The van der Waals surface area contributed by atoms with Crippen LogP contribution >= 0.6 is 11.3 Å². The minimum absolute atomic E-state index is 0.0364. The van der Waals surface area contributed by atoms with Crippen LogP contribution in [0, 0.1) is 20.8 Å². The van der Waals surface area contributed by atoms with Gasteiger partial charge in [-0.15, -0.1) is 21.5 Å². The van der Waals surface area contributed by atoms with E-state index in [1.54, 1.807) is 11.3 Å². The molecule has 2 aliphatic rings. The van der Waals surface area contributed by atoms with E-state index in [0.29, 0.717) is 12.4 Å². The van der Waals surface area contributed by atoms with Gasteiger partial charge in [-0.25, -0.2) is 4.79 Å². The predicted octanol–water partition coefficient (Wildman–Crippen LogP) is 4.65. The molecular weight excluding hydrogens is 542 g/mol. The number of aromatic nitrogens is 3. The van der Waals surface area contributed by atoms with Crippen molar-refractivity contribution in [2.45, 2.75) is 72.1 Å². The first-order valence-corrected chi connectivity index (χ1v) is 14.6. The molecule has 0 radical (unpaired) electrons. The number of carbonyl (C=O) groups excluding carboxylic acids is 2. The van der Waals surface area contributed by atoms with Gasteiger partial charge in [0.25, 0.3) is 0 Å². The Labute approximate surface area is 244 Å². The van der Waals surface area contributed by atoms with Gasteiger partial charge in [-0.2, -0.15) is 0 Å². The number of methoxy groups -OCH3 is 1. The maximum Gasteiger partial charge on any atom is 0.332 e. The topological polar surface area (TPSA) is 108 Å². The number of ether oxygens (including phenoxy) is 3. The van der Waals surface area contributed by atoms with Gasteiger partial charge in [-0.3, -0.25) is 14.4 Å². The number of hydrogen-bond donors (Lipinski definition) is 0. The SMILES string of the molecule is COC(=O)C[C@@H]1N=C(c2ccc(N3CCC(OCC(=O)OC(C)(C)C)C3)cc2)c2c(sc(C)c2C)-n2c(C)nnc21. The maximum absolute atomic E-state index is 12.4. The van der Waals surface area contributed by atoms with Crippen molar-refractivity contribution in [3.63, 3.8) is 0 Å². The van der Waals surface area contributed by atoms with E-state index in [1.807, 2.05) is 32.3 Å². The molecule has 0 spiro atoms. The first kappa shape index (κ1) is 28.9. The lowest BCUT2D eigenvalue weighted by Gasteiger charge is -2.21. The van der Waals surface area contributed by atoms with Gasteiger partial charge in [0.05, 0.1) is 25.3 Å². The summed E-state index contributed by atoms with van der Waals surface area (Å²) in [5.41, 5.74) is 4.51. The number of fused-ring (bicyclic) bond motifs is 3. The summed E-state index contributed by atoms with van der Waals surface area (Å²) in [6.45, 7) is 13.2. The summed E-state index contributed by atoms with van der Waals surface area (Å²) in [5.74, 6) is 0.690. The molecule has 10 nitrogen and oxygen atoms in total. The Hall–Kier alpha value is -3.57. The third-order valence-electron chi connectivity index (χ3n) is 7.33. The van der Waals surface area contributed by atoms with Crippen molar-refractivity contribution in [1.82, 2.24) is 14.8 Å². The summed E-state index contributed by atoms with van der Waals surface area (Å²) < 4.78 is 18.2. The second-order valence-corrected chi connectivity index (χ2v) is 12.7. The highest BCUT2D eigenvalue weighted by Crippen LogP contribution is 2.39. The largest absolute Gasteiger partial charge is 0.469 e. The Morgan fingerprint density at radius 2 is 1.80 bits per heavy atom. The molecule has 5 rings (SSSR count). The highest BCUT2D eigenvalue weighted by molar-refractivity contribution is 7.15. The van der Waals surface area contributed by atoms with Crippen molar-refractivity contribution in [3.05, 3.63) is 57.5 Å². The molecule has 0 N–H and O–H groups in total. The number of rotatable bonds is 7. The Morgan fingerprint density at radius 1 is 1.07 bits per heavy atom. The first-order valence-electron chi connectivity index (χ1n) is 13.8. The van der Waals surface area contributed by atoms with Crippen LogP contribution in [-0.2, 0) is 23.8 Å². The second-order valence-electron chi connectivity index (χ2n) is 11.5. The number of esters is 2. The van der Waals surface area contributed by atoms with E-state index in [0.717, 1.165) is 51.9 Å². The van der Waals surface area contributed by atoms with Crippen LogP contribution in [0.1, 0.15) is 72.9 Å². The van der Waals surface area contributed by atoms with Gasteiger partial charge in [0.2, 0.25) is 0 Å². The van der Waals surface area contributed by atoms with E-state index >= 15 is 0 Å². The van der Waals surface area contributed by atoms with Crippen LogP contribution in [0.15, 0.2) is 29.3 Å². The van der Waals surface area contributed by atoms with Gasteiger partial charge in [-0.05, 0) is 65.7 Å². The van der Waals surface area contributed by atoms with Crippen LogP contribution in [0.25, 0.3) is 5.00 Å². The molecule has 0 saturated carbocycles. The highest BCUT2D eigenvalue weighted by Gasteiger charge is 2.33. The van der Waals surface area contributed by atoms with Crippen LogP contribution in [-0.4, -0.2) is 70.9 Å². The zero-order chi connectivity index (χ0) is 29.5. The van der Waals surface area contributed by atoms with Gasteiger partial charge in [0, 0.05) is 34.8 Å². The molecule has 1 saturated heterocycles. The van der Waals surface area contributed by atoms with Gasteiger partial charge in [0.15, 0.2) is 5.82 Å². The lowest BCUT2D eigenvalue weighted by atomic mass is 9.99. The molecule has 3 aromatic rings. The molecule has 1 fully saturated rings. The number of benzene rings is 1. The van der Waals surface area contributed by atoms with Gasteiger partial charge < -0.3 is 19.1 Å². The summed E-state index contributed by atoms with van der Waals surface area (Å²) in [5, 5.41) is 9.75. The van der Waals surface area contributed by atoms with Crippen LogP contribution in [0.5, 0.6) is 0 Å².